The van der Waals surface area contributed by atoms with Crippen LogP contribution in [-0.2, 0) is 6.54 Å². The molecule has 6 heteroatoms. The van der Waals surface area contributed by atoms with Crippen molar-refractivity contribution in [2.24, 2.45) is 0 Å². The van der Waals surface area contributed by atoms with Crippen molar-refractivity contribution in [1.82, 2.24) is 9.88 Å². The lowest BCUT2D eigenvalue weighted by Crippen LogP contribution is -2.40. The van der Waals surface area contributed by atoms with Crippen LogP contribution in [0.2, 0.25) is 0 Å². The van der Waals surface area contributed by atoms with Crippen molar-refractivity contribution < 1.29 is 14.3 Å². The van der Waals surface area contributed by atoms with E-state index >= 15 is 0 Å². The second-order valence-corrected chi connectivity index (χ2v) is 8.81. The summed E-state index contributed by atoms with van der Waals surface area (Å²) in [7, 11) is 0. The summed E-state index contributed by atoms with van der Waals surface area (Å²) in [6, 6.07) is 6.30. The maximum atomic E-state index is 13.4. The van der Waals surface area contributed by atoms with Gasteiger partial charge in [0.15, 0.2) is 11.5 Å². The van der Waals surface area contributed by atoms with Gasteiger partial charge in [0.05, 0.1) is 11.2 Å². The fraction of sp³-hybridized carbons (Fsp3) is 0.524. The molecule has 2 aromatic rings. The van der Waals surface area contributed by atoms with Crippen LogP contribution in [0.25, 0.3) is 0 Å². The first-order valence-electron chi connectivity index (χ1n) is 9.93. The first-order valence-corrected chi connectivity index (χ1v) is 10.7. The van der Waals surface area contributed by atoms with Gasteiger partial charge in [0.2, 0.25) is 6.79 Å². The van der Waals surface area contributed by atoms with Crippen molar-refractivity contribution in [3.05, 3.63) is 39.8 Å². The predicted molar refractivity (Wildman–Crippen MR) is 103 cm³/mol. The van der Waals surface area contributed by atoms with Crippen LogP contribution in [0, 0.1) is 0 Å². The summed E-state index contributed by atoms with van der Waals surface area (Å²) in [6.07, 6.45) is 10.1. The first kappa shape index (κ1) is 17.0. The molecule has 1 amide bonds. The lowest BCUT2D eigenvalue weighted by atomic mass is 9.93. The molecule has 1 aromatic carbocycles. The molecular weight excluding hydrogens is 360 g/mol. The smallest absolute Gasteiger partial charge is 0.266 e. The quantitative estimate of drug-likeness (QED) is 0.748. The number of carbonyl (C=O) groups is 1. The topological polar surface area (TPSA) is 51.7 Å². The monoisotopic (exact) mass is 384 g/mol. The molecule has 1 aromatic heterocycles. The standard InChI is InChI=1S/C21H24N2O3S/c24-21(19-11-22-20(27-19)15-7-8-15)23(16-4-2-1-3-5-16)12-14-6-9-17-18(10-14)26-13-25-17/h6,9-11,15-16H,1-5,7-8,12-13H2. The highest BCUT2D eigenvalue weighted by Crippen LogP contribution is 2.42. The van der Waals surface area contributed by atoms with Gasteiger partial charge in [-0.3, -0.25) is 4.79 Å². The van der Waals surface area contributed by atoms with E-state index in [0.29, 0.717) is 18.5 Å². The van der Waals surface area contributed by atoms with Gasteiger partial charge < -0.3 is 14.4 Å². The van der Waals surface area contributed by atoms with Gasteiger partial charge in [-0.1, -0.05) is 25.3 Å². The number of hydrogen-bond acceptors (Lipinski definition) is 5. The van der Waals surface area contributed by atoms with Crippen molar-refractivity contribution in [1.29, 1.82) is 0 Å². The number of hydrogen-bond donors (Lipinski definition) is 0. The molecule has 0 unspecified atom stereocenters. The van der Waals surface area contributed by atoms with Gasteiger partial charge >= 0.3 is 0 Å². The van der Waals surface area contributed by atoms with E-state index in [1.54, 1.807) is 17.5 Å². The van der Waals surface area contributed by atoms with Gasteiger partial charge in [0.1, 0.15) is 4.88 Å². The van der Waals surface area contributed by atoms with Crippen molar-refractivity contribution in [3.8, 4) is 11.5 Å². The summed E-state index contributed by atoms with van der Waals surface area (Å²) < 4.78 is 10.9. The van der Waals surface area contributed by atoms with E-state index in [9.17, 15) is 4.79 Å². The molecule has 2 fully saturated rings. The summed E-state index contributed by atoms with van der Waals surface area (Å²) in [5, 5.41) is 1.13. The molecule has 0 N–H and O–H groups in total. The second-order valence-electron chi connectivity index (χ2n) is 7.75. The van der Waals surface area contributed by atoms with Gasteiger partial charge in [-0.05, 0) is 43.4 Å². The van der Waals surface area contributed by atoms with Crippen LogP contribution >= 0.6 is 11.3 Å². The first-order chi connectivity index (χ1) is 13.3. The third-order valence-electron chi connectivity index (χ3n) is 5.73. The Labute approximate surface area is 163 Å². The number of ether oxygens (including phenoxy) is 2. The Bertz CT molecular complexity index is 840. The molecule has 3 aliphatic rings. The highest BCUT2D eigenvalue weighted by molar-refractivity contribution is 7.13. The van der Waals surface area contributed by atoms with E-state index in [1.165, 1.54) is 32.1 Å². The van der Waals surface area contributed by atoms with Crippen LogP contribution in [0.3, 0.4) is 0 Å². The highest BCUT2D eigenvalue weighted by atomic mass is 32.1. The van der Waals surface area contributed by atoms with E-state index in [4.69, 9.17) is 9.47 Å². The minimum Gasteiger partial charge on any atom is -0.454 e. The zero-order valence-corrected chi connectivity index (χ0v) is 16.2. The van der Waals surface area contributed by atoms with Crippen molar-refractivity contribution in [2.45, 2.75) is 63.5 Å². The lowest BCUT2D eigenvalue weighted by Gasteiger charge is -2.34. The minimum atomic E-state index is 0.129. The summed E-state index contributed by atoms with van der Waals surface area (Å²) in [6.45, 7) is 0.881. The van der Waals surface area contributed by atoms with Crippen molar-refractivity contribution >= 4 is 17.2 Å². The maximum absolute atomic E-state index is 13.4. The minimum absolute atomic E-state index is 0.129. The Balaban J connectivity index is 1.40. The number of rotatable bonds is 5. The molecule has 2 heterocycles. The van der Waals surface area contributed by atoms with Crippen LogP contribution in [0.15, 0.2) is 24.4 Å². The van der Waals surface area contributed by atoms with Crippen LogP contribution in [-0.4, -0.2) is 28.6 Å². The molecule has 0 spiro atoms. The second kappa shape index (κ2) is 7.15. The highest BCUT2D eigenvalue weighted by Gasteiger charge is 2.31. The molecule has 0 bridgehead atoms. The number of amides is 1. The summed E-state index contributed by atoms with van der Waals surface area (Å²) >= 11 is 1.59. The number of nitrogens with zero attached hydrogens (tertiary/aromatic N) is 2. The Morgan fingerprint density at radius 2 is 1.93 bits per heavy atom. The third-order valence-corrected chi connectivity index (χ3v) is 6.87. The predicted octanol–water partition coefficient (Wildman–Crippen LogP) is 4.72. The number of thiazole rings is 1. The zero-order chi connectivity index (χ0) is 18.2. The Kier molecular flexibility index (Phi) is 4.52. The van der Waals surface area contributed by atoms with Crippen LogP contribution in [0.4, 0.5) is 0 Å². The van der Waals surface area contributed by atoms with Gasteiger partial charge in [-0.25, -0.2) is 4.98 Å². The molecule has 5 nitrogen and oxygen atoms in total. The fourth-order valence-corrected chi connectivity index (χ4v) is 5.09. The average molecular weight is 385 g/mol. The van der Waals surface area contributed by atoms with Gasteiger partial charge in [-0.15, -0.1) is 11.3 Å². The van der Waals surface area contributed by atoms with Gasteiger partial charge in [-0.2, -0.15) is 0 Å². The van der Waals surface area contributed by atoms with E-state index in [-0.39, 0.29) is 12.7 Å². The van der Waals surface area contributed by atoms with E-state index in [1.807, 2.05) is 18.2 Å². The fourth-order valence-electron chi connectivity index (χ4n) is 4.04. The Morgan fingerprint density at radius 1 is 1.11 bits per heavy atom. The molecule has 5 rings (SSSR count). The maximum Gasteiger partial charge on any atom is 0.266 e. The normalized spacial score (nSPS) is 19.3. The van der Waals surface area contributed by atoms with E-state index in [2.05, 4.69) is 9.88 Å². The molecule has 2 saturated carbocycles. The molecule has 0 radical (unpaired) electrons. The number of fused-ring (bicyclic) bond motifs is 1. The van der Waals surface area contributed by atoms with Crippen LogP contribution in [0.1, 0.15) is 71.1 Å². The summed E-state index contributed by atoms with van der Waals surface area (Å²) in [4.78, 5) is 20.7. The molecule has 2 aliphatic carbocycles. The summed E-state index contributed by atoms with van der Waals surface area (Å²) in [5.41, 5.74) is 1.09. The van der Waals surface area contributed by atoms with Gasteiger partial charge in [0, 0.05) is 18.5 Å². The Morgan fingerprint density at radius 3 is 2.74 bits per heavy atom. The SMILES string of the molecule is O=C(c1cnc(C2CC2)s1)N(Cc1ccc2c(c1)OCO2)C1CCCCC1. The number of carbonyl (C=O) groups excluding carboxylic acids is 1. The lowest BCUT2D eigenvalue weighted by molar-refractivity contribution is 0.0619. The van der Waals surface area contributed by atoms with Crippen molar-refractivity contribution in [3.63, 3.8) is 0 Å². The Hall–Kier alpha value is -2.08. The molecular formula is C21H24N2O3S. The summed E-state index contributed by atoms with van der Waals surface area (Å²) in [5.74, 6) is 2.28. The molecule has 142 valence electrons. The number of aromatic nitrogens is 1. The molecule has 1 aliphatic heterocycles. The largest absolute Gasteiger partial charge is 0.454 e. The zero-order valence-electron chi connectivity index (χ0n) is 15.4. The molecule has 0 atom stereocenters. The van der Waals surface area contributed by atoms with Crippen LogP contribution < -0.4 is 9.47 Å². The molecule has 0 saturated heterocycles. The van der Waals surface area contributed by atoms with Crippen LogP contribution in [0.5, 0.6) is 11.5 Å². The van der Waals surface area contributed by atoms with E-state index < -0.39 is 0 Å². The van der Waals surface area contributed by atoms with Gasteiger partial charge in [0.25, 0.3) is 5.91 Å². The average Bonchev–Trinajstić information content (AvgIpc) is 3.25. The van der Waals surface area contributed by atoms with Crippen molar-refractivity contribution in [2.75, 3.05) is 6.79 Å². The van der Waals surface area contributed by atoms with E-state index in [0.717, 1.165) is 39.8 Å². The third kappa shape index (κ3) is 3.55. The number of benzene rings is 1. The molecule has 27 heavy (non-hydrogen) atoms.